The average Bonchev–Trinajstić information content (AvgIpc) is 3.22. The summed E-state index contributed by atoms with van der Waals surface area (Å²) in [7, 11) is 0. The molecule has 0 atom stereocenters. The number of amides is 1. The number of carbonyl (C=O) groups excluding carboxylic acids is 1. The summed E-state index contributed by atoms with van der Waals surface area (Å²) in [4.78, 5) is 39.8. The Bertz CT molecular complexity index is 1130. The minimum absolute atomic E-state index is 0.169. The van der Waals surface area contributed by atoms with Crippen LogP contribution in [-0.4, -0.2) is 47.2 Å². The lowest BCUT2D eigenvalue weighted by Gasteiger charge is -2.27. The van der Waals surface area contributed by atoms with Crippen molar-refractivity contribution in [3.05, 3.63) is 68.1 Å². The van der Waals surface area contributed by atoms with Crippen LogP contribution in [0.5, 0.6) is 0 Å². The van der Waals surface area contributed by atoms with E-state index >= 15 is 0 Å². The molecule has 0 bridgehead atoms. The van der Waals surface area contributed by atoms with E-state index in [-0.39, 0.29) is 17.9 Å². The Morgan fingerprint density at radius 1 is 1.22 bits per heavy atom. The Labute approximate surface area is 190 Å². The molecule has 2 aromatic heterocycles. The molecular formula is C23H27N5O3S. The number of aromatic amines is 1. The molecule has 3 heterocycles. The molecule has 0 unspecified atom stereocenters. The van der Waals surface area contributed by atoms with Crippen LogP contribution in [0.25, 0.3) is 0 Å². The van der Waals surface area contributed by atoms with Crippen molar-refractivity contribution >= 4 is 28.3 Å². The number of carbonyl (C=O) groups is 1. The predicted octanol–water partition coefficient (Wildman–Crippen LogP) is 2.84. The summed E-state index contributed by atoms with van der Waals surface area (Å²) in [5.74, 6) is 0.394. The van der Waals surface area contributed by atoms with E-state index in [1.165, 1.54) is 22.5 Å². The first-order chi connectivity index (χ1) is 15.5. The van der Waals surface area contributed by atoms with Crippen LogP contribution >= 0.6 is 11.3 Å². The molecule has 3 aromatic rings. The standard InChI is InChI=1S/C23H27N5O3S/c1-15-3-5-17(6-4-15)13-18-14-24-23(32-18)26-20(29)8-7-19-16(2)25-22(27-21(19)30)28-9-11-31-12-10-28/h3-6,14H,7-13H2,1-2H3,(H,24,26,29)(H,25,27,30). The van der Waals surface area contributed by atoms with E-state index in [4.69, 9.17) is 4.74 Å². The van der Waals surface area contributed by atoms with E-state index in [9.17, 15) is 9.59 Å². The first-order valence-electron chi connectivity index (χ1n) is 10.7. The molecule has 0 spiro atoms. The van der Waals surface area contributed by atoms with E-state index in [0.717, 1.165) is 11.3 Å². The molecule has 1 fully saturated rings. The van der Waals surface area contributed by atoms with Crippen molar-refractivity contribution in [2.24, 2.45) is 0 Å². The lowest BCUT2D eigenvalue weighted by molar-refractivity contribution is -0.116. The summed E-state index contributed by atoms with van der Waals surface area (Å²) < 4.78 is 5.34. The minimum atomic E-state index is -0.193. The summed E-state index contributed by atoms with van der Waals surface area (Å²) >= 11 is 1.47. The van der Waals surface area contributed by atoms with Crippen LogP contribution in [-0.2, 0) is 22.4 Å². The fourth-order valence-corrected chi connectivity index (χ4v) is 4.45. The molecule has 9 heteroatoms. The van der Waals surface area contributed by atoms with Gasteiger partial charge in [-0.15, -0.1) is 11.3 Å². The van der Waals surface area contributed by atoms with Gasteiger partial charge in [0.25, 0.3) is 5.56 Å². The fraction of sp³-hybridized carbons (Fsp3) is 0.391. The quantitative estimate of drug-likeness (QED) is 0.571. The van der Waals surface area contributed by atoms with E-state index in [1.54, 1.807) is 6.20 Å². The molecule has 8 nitrogen and oxygen atoms in total. The number of hydrogen-bond donors (Lipinski definition) is 2. The van der Waals surface area contributed by atoms with Crippen LogP contribution in [0.4, 0.5) is 11.1 Å². The highest BCUT2D eigenvalue weighted by molar-refractivity contribution is 7.15. The molecule has 0 radical (unpaired) electrons. The van der Waals surface area contributed by atoms with Gasteiger partial charge in [-0.3, -0.25) is 14.6 Å². The maximum absolute atomic E-state index is 12.6. The molecule has 1 saturated heterocycles. The largest absolute Gasteiger partial charge is 0.378 e. The van der Waals surface area contributed by atoms with Crippen molar-refractivity contribution in [2.45, 2.75) is 33.1 Å². The van der Waals surface area contributed by atoms with Gasteiger partial charge >= 0.3 is 0 Å². The van der Waals surface area contributed by atoms with Gasteiger partial charge in [-0.25, -0.2) is 9.97 Å². The van der Waals surface area contributed by atoms with Crippen LogP contribution in [0.1, 0.15) is 33.7 Å². The number of aryl methyl sites for hydroxylation is 2. The van der Waals surface area contributed by atoms with Gasteiger partial charge in [-0.05, 0) is 25.8 Å². The maximum Gasteiger partial charge on any atom is 0.255 e. The molecule has 4 rings (SSSR count). The molecule has 1 amide bonds. The van der Waals surface area contributed by atoms with Gasteiger partial charge in [-0.2, -0.15) is 0 Å². The monoisotopic (exact) mass is 453 g/mol. The zero-order valence-corrected chi connectivity index (χ0v) is 19.1. The number of hydrogen-bond acceptors (Lipinski definition) is 7. The van der Waals surface area contributed by atoms with Crippen molar-refractivity contribution in [1.29, 1.82) is 0 Å². The second kappa shape index (κ2) is 10.1. The van der Waals surface area contributed by atoms with Gasteiger partial charge in [0.15, 0.2) is 5.13 Å². The zero-order chi connectivity index (χ0) is 22.5. The van der Waals surface area contributed by atoms with Gasteiger partial charge in [0.05, 0.1) is 13.2 Å². The highest BCUT2D eigenvalue weighted by Crippen LogP contribution is 2.22. The van der Waals surface area contributed by atoms with Gasteiger partial charge in [0.1, 0.15) is 0 Å². The third-order valence-electron chi connectivity index (χ3n) is 5.42. The molecule has 1 aliphatic heterocycles. The van der Waals surface area contributed by atoms with Crippen LogP contribution in [0.15, 0.2) is 35.3 Å². The number of nitrogens with zero attached hydrogens (tertiary/aromatic N) is 3. The topological polar surface area (TPSA) is 100 Å². The van der Waals surface area contributed by atoms with E-state index < -0.39 is 0 Å². The molecular weight excluding hydrogens is 426 g/mol. The Balaban J connectivity index is 1.32. The number of nitrogens with one attached hydrogen (secondary N) is 2. The second-order valence-corrected chi connectivity index (χ2v) is 9.01. The lowest BCUT2D eigenvalue weighted by Crippen LogP contribution is -2.38. The number of anilines is 2. The van der Waals surface area contributed by atoms with Crippen molar-refractivity contribution in [3.63, 3.8) is 0 Å². The summed E-state index contributed by atoms with van der Waals surface area (Å²) in [6.45, 7) is 6.51. The molecule has 0 saturated carbocycles. The molecule has 1 aliphatic rings. The number of aromatic nitrogens is 3. The number of H-pyrrole nitrogens is 1. The minimum Gasteiger partial charge on any atom is -0.378 e. The fourth-order valence-electron chi connectivity index (χ4n) is 3.59. The Hall–Kier alpha value is -3.04. The second-order valence-electron chi connectivity index (χ2n) is 7.90. The van der Waals surface area contributed by atoms with Crippen molar-refractivity contribution in [1.82, 2.24) is 15.0 Å². The number of rotatable bonds is 7. The molecule has 1 aromatic carbocycles. The first-order valence-corrected chi connectivity index (χ1v) is 11.5. The summed E-state index contributed by atoms with van der Waals surface area (Å²) in [6, 6.07) is 8.38. The average molecular weight is 454 g/mol. The van der Waals surface area contributed by atoms with Crippen molar-refractivity contribution in [2.75, 3.05) is 36.5 Å². The Kier molecular flexibility index (Phi) is 6.96. The number of ether oxygens (including phenoxy) is 1. The van der Waals surface area contributed by atoms with Crippen LogP contribution < -0.4 is 15.8 Å². The third-order valence-corrected chi connectivity index (χ3v) is 6.33. The summed E-state index contributed by atoms with van der Waals surface area (Å²) in [5.41, 5.74) is 3.43. The Morgan fingerprint density at radius 3 is 2.69 bits per heavy atom. The Morgan fingerprint density at radius 2 is 1.97 bits per heavy atom. The number of benzene rings is 1. The van der Waals surface area contributed by atoms with Crippen molar-refractivity contribution in [3.8, 4) is 0 Å². The first kappa shape index (κ1) is 22.2. The molecule has 168 valence electrons. The van der Waals surface area contributed by atoms with Gasteiger partial charge in [0.2, 0.25) is 11.9 Å². The SMILES string of the molecule is Cc1ccc(Cc2cnc(NC(=O)CCc3c(C)nc(N4CCOCC4)[nH]c3=O)s2)cc1. The van der Waals surface area contributed by atoms with Gasteiger partial charge in [-0.1, -0.05) is 29.8 Å². The highest BCUT2D eigenvalue weighted by atomic mass is 32.1. The molecule has 32 heavy (non-hydrogen) atoms. The zero-order valence-electron chi connectivity index (χ0n) is 18.3. The van der Waals surface area contributed by atoms with Crippen LogP contribution in [0.2, 0.25) is 0 Å². The highest BCUT2D eigenvalue weighted by Gasteiger charge is 2.17. The summed E-state index contributed by atoms with van der Waals surface area (Å²) in [6.07, 6.45) is 3.09. The van der Waals surface area contributed by atoms with Crippen LogP contribution in [0.3, 0.4) is 0 Å². The third kappa shape index (κ3) is 5.60. The van der Waals surface area contributed by atoms with E-state index in [0.29, 0.717) is 55.1 Å². The molecule has 0 aliphatic carbocycles. The normalized spacial score (nSPS) is 13.9. The number of morpholine rings is 1. The van der Waals surface area contributed by atoms with E-state index in [2.05, 4.69) is 51.5 Å². The van der Waals surface area contributed by atoms with Gasteiger partial charge in [0, 0.05) is 48.3 Å². The van der Waals surface area contributed by atoms with Crippen LogP contribution in [0, 0.1) is 13.8 Å². The molecule has 2 N–H and O–H groups in total. The van der Waals surface area contributed by atoms with E-state index in [1.807, 2.05) is 11.8 Å². The summed E-state index contributed by atoms with van der Waals surface area (Å²) in [5, 5.41) is 3.42. The van der Waals surface area contributed by atoms with Crippen molar-refractivity contribution < 1.29 is 9.53 Å². The maximum atomic E-state index is 12.6. The lowest BCUT2D eigenvalue weighted by atomic mass is 10.1. The number of thiazole rings is 1. The van der Waals surface area contributed by atoms with Gasteiger partial charge < -0.3 is 15.0 Å². The predicted molar refractivity (Wildman–Crippen MR) is 126 cm³/mol. The smallest absolute Gasteiger partial charge is 0.255 e.